The number of hydrogen-bond donors (Lipinski definition) is 2. The second-order valence-electron chi connectivity index (χ2n) is 6.31. The quantitative estimate of drug-likeness (QED) is 0.789. The third-order valence-electron chi connectivity index (χ3n) is 4.91. The van der Waals surface area contributed by atoms with Crippen LogP contribution in [0.3, 0.4) is 0 Å². The van der Waals surface area contributed by atoms with Crippen molar-refractivity contribution in [3.8, 4) is 0 Å². The fourth-order valence-corrected chi connectivity index (χ4v) is 3.23. The van der Waals surface area contributed by atoms with Gasteiger partial charge in [0, 0.05) is 24.0 Å². The van der Waals surface area contributed by atoms with Crippen LogP contribution in [0.2, 0.25) is 0 Å². The van der Waals surface area contributed by atoms with E-state index in [1.54, 1.807) is 0 Å². The van der Waals surface area contributed by atoms with Crippen LogP contribution >= 0.6 is 0 Å². The SMILES string of the molecule is CN(C)C1(CNC(=O)C2CCCC(N)C2)CCC1. The van der Waals surface area contributed by atoms with E-state index >= 15 is 0 Å². The minimum absolute atomic E-state index is 0.146. The number of hydrogen-bond acceptors (Lipinski definition) is 3. The average Bonchev–Trinajstić information content (AvgIpc) is 2.26. The van der Waals surface area contributed by atoms with Crippen LogP contribution < -0.4 is 11.1 Å². The van der Waals surface area contributed by atoms with E-state index in [2.05, 4.69) is 24.3 Å². The lowest BCUT2D eigenvalue weighted by Crippen LogP contribution is -2.57. The summed E-state index contributed by atoms with van der Waals surface area (Å²) in [6.07, 6.45) is 7.72. The molecule has 0 bridgehead atoms. The van der Waals surface area contributed by atoms with E-state index in [9.17, 15) is 4.79 Å². The maximum atomic E-state index is 12.2. The van der Waals surface area contributed by atoms with E-state index < -0.39 is 0 Å². The van der Waals surface area contributed by atoms with Crippen molar-refractivity contribution in [1.29, 1.82) is 0 Å². The van der Waals surface area contributed by atoms with E-state index in [0.717, 1.165) is 32.2 Å². The molecule has 0 aromatic rings. The Labute approximate surface area is 110 Å². The molecule has 2 aliphatic rings. The van der Waals surface area contributed by atoms with Crippen LogP contribution in [-0.4, -0.2) is 43.0 Å². The second kappa shape index (κ2) is 5.57. The first-order chi connectivity index (χ1) is 8.53. The van der Waals surface area contributed by atoms with Crippen molar-refractivity contribution < 1.29 is 4.79 Å². The van der Waals surface area contributed by atoms with Crippen LogP contribution in [0.4, 0.5) is 0 Å². The molecular formula is C14H27N3O. The van der Waals surface area contributed by atoms with Gasteiger partial charge in [-0.25, -0.2) is 0 Å². The third-order valence-corrected chi connectivity index (χ3v) is 4.91. The molecule has 2 fully saturated rings. The molecule has 2 rings (SSSR count). The molecule has 3 N–H and O–H groups in total. The summed E-state index contributed by atoms with van der Waals surface area (Å²) in [5, 5.41) is 3.16. The summed E-state index contributed by atoms with van der Waals surface area (Å²) in [5.74, 6) is 0.367. The maximum absolute atomic E-state index is 12.2. The van der Waals surface area contributed by atoms with E-state index in [-0.39, 0.29) is 23.4 Å². The van der Waals surface area contributed by atoms with Gasteiger partial charge < -0.3 is 16.0 Å². The van der Waals surface area contributed by atoms with Crippen molar-refractivity contribution >= 4 is 5.91 Å². The molecule has 2 saturated carbocycles. The standard InChI is InChI=1S/C14H27N3O/c1-17(2)14(7-4-8-14)10-16-13(18)11-5-3-6-12(15)9-11/h11-12H,3-10,15H2,1-2H3,(H,16,18). The Morgan fingerprint density at radius 3 is 2.56 bits per heavy atom. The van der Waals surface area contributed by atoms with Gasteiger partial charge in [0.2, 0.25) is 5.91 Å². The van der Waals surface area contributed by atoms with E-state index in [4.69, 9.17) is 5.73 Å². The van der Waals surface area contributed by atoms with Crippen molar-refractivity contribution in [3.63, 3.8) is 0 Å². The summed E-state index contributed by atoms with van der Waals surface area (Å²) >= 11 is 0. The summed E-state index contributed by atoms with van der Waals surface area (Å²) in [6.45, 7) is 0.796. The zero-order valence-corrected chi connectivity index (χ0v) is 11.7. The number of likely N-dealkylation sites (N-methyl/N-ethyl adjacent to an activating group) is 1. The lowest BCUT2D eigenvalue weighted by atomic mass is 9.75. The Balaban J connectivity index is 1.80. The molecule has 1 amide bonds. The van der Waals surface area contributed by atoms with Gasteiger partial charge in [-0.05, 0) is 52.6 Å². The molecule has 0 radical (unpaired) electrons. The van der Waals surface area contributed by atoms with Crippen LogP contribution in [0.1, 0.15) is 44.9 Å². The summed E-state index contributed by atoms with van der Waals surface area (Å²) in [7, 11) is 4.23. The molecule has 18 heavy (non-hydrogen) atoms. The zero-order valence-electron chi connectivity index (χ0n) is 11.7. The van der Waals surface area contributed by atoms with Gasteiger partial charge in [0.15, 0.2) is 0 Å². The van der Waals surface area contributed by atoms with Gasteiger partial charge in [-0.1, -0.05) is 6.42 Å². The Kier molecular flexibility index (Phi) is 4.28. The number of amides is 1. The van der Waals surface area contributed by atoms with E-state index in [1.807, 2.05) is 0 Å². The van der Waals surface area contributed by atoms with Crippen molar-refractivity contribution in [1.82, 2.24) is 10.2 Å². The molecule has 2 atom stereocenters. The number of rotatable bonds is 4. The number of nitrogens with zero attached hydrogens (tertiary/aromatic N) is 1. The highest BCUT2D eigenvalue weighted by Crippen LogP contribution is 2.35. The molecular weight excluding hydrogens is 226 g/mol. The monoisotopic (exact) mass is 253 g/mol. The molecule has 0 aromatic carbocycles. The maximum Gasteiger partial charge on any atom is 0.223 e. The number of carbonyl (C=O) groups is 1. The molecule has 0 aromatic heterocycles. The lowest BCUT2D eigenvalue weighted by molar-refractivity contribution is -0.127. The van der Waals surface area contributed by atoms with Gasteiger partial charge in [-0.3, -0.25) is 4.79 Å². The van der Waals surface area contributed by atoms with Gasteiger partial charge in [-0.15, -0.1) is 0 Å². The molecule has 4 nitrogen and oxygen atoms in total. The van der Waals surface area contributed by atoms with Crippen LogP contribution in [-0.2, 0) is 4.79 Å². The molecule has 0 saturated heterocycles. The van der Waals surface area contributed by atoms with E-state index in [1.165, 1.54) is 19.3 Å². The molecule has 0 heterocycles. The van der Waals surface area contributed by atoms with Crippen LogP contribution in [0.25, 0.3) is 0 Å². The Hall–Kier alpha value is -0.610. The molecule has 0 aliphatic heterocycles. The first kappa shape index (κ1) is 13.8. The minimum atomic E-state index is 0.146. The predicted molar refractivity (Wildman–Crippen MR) is 73.2 cm³/mol. The first-order valence-corrected chi connectivity index (χ1v) is 7.24. The normalized spacial score (nSPS) is 30.9. The van der Waals surface area contributed by atoms with Gasteiger partial charge in [0.25, 0.3) is 0 Å². The van der Waals surface area contributed by atoms with Crippen molar-refractivity contribution in [3.05, 3.63) is 0 Å². The van der Waals surface area contributed by atoms with Crippen LogP contribution in [0.15, 0.2) is 0 Å². The molecule has 4 heteroatoms. The summed E-state index contributed by atoms with van der Waals surface area (Å²) in [6, 6.07) is 0.223. The topological polar surface area (TPSA) is 58.4 Å². The van der Waals surface area contributed by atoms with Crippen LogP contribution in [0.5, 0.6) is 0 Å². The Morgan fingerprint density at radius 1 is 1.33 bits per heavy atom. The summed E-state index contributed by atoms with van der Waals surface area (Å²) < 4.78 is 0. The van der Waals surface area contributed by atoms with Crippen molar-refractivity contribution in [2.75, 3.05) is 20.6 Å². The zero-order chi connectivity index (χ0) is 13.2. The molecule has 2 unspecified atom stereocenters. The molecule has 2 aliphatic carbocycles. The van der Waals surface area contributed by atoms with Gasteiger partial charge in [0.05, 0.1) is 0 Å². The highest BCUT2D eigenvalue weighted by Gasteiger charge is 2.39. The van der Waals surface area contributed by atoms with Crippen LogP contribution in [0, 0.1) is 5.92 Å². The first-order valence-electron chi connectivity index (χ1n) is 7.24. The number of nitrogens with one attached hydrogen (secondary N) is 1. The predicted octanol–water partition coefficient (Wildman–Crippen LogP) is 1.10. The molecule has 0 spiro atoms. The van der Waals surface area contributed by atoms with E-state index in [0.29, 0.717) is 0 Å². The highest BCUT2D eigenvalue weighted by atomic mass is 16.1. The molecule has 104 valence electrons. The minimum Gasteiger partial charge on any atom is -0.354 e. The third kappa shape index (κ3) is 2.86. The van der Waals surface area contributed by atoms with Crippen molar-refractivity contribution in [2.45, 2.75) is 56.5 Å². The van der Waals surface area contributed by atoms with Gasteiger partial charge in [-0.2, -0.15) is 0 Å². The van der Waals surface area contributed by atoms with Gasteiger partial charge in [0.1, 0.15) is 0 Å². The largest absolute Gasteiger partial charge is 0.354 e. The van der Waals surface area contributed by atoms with Crippen molar-refractivity contribution in [2.24, 2.45) is 11.7 Å². The Bertz CT molecular complexity index is 299. The Morgan fingerprint density at radius 2 is 2.06 bits per heavy atom. The second-order valence-corrected chi connectivity index (χ2v) is 6.31. The number of carbonyl (C=O) groups excluding carboxylic acids is 1. The average molecular weight is 253 g/mol. The highest BCUT2D eigenvalue weighted by molar-refractivity contribution is 5.78. The fraction of sp³-hybridized carbons (Fsp3) is 0.929. The lowest BCUT2D eigenvalue weighted by Gasteiger charge is -2.47. The fourth-order valence-electron chi connectivity index (χ4n) is 3.23. The number of nitrogens with two attached hydrogens (primary N) is 1. The van der Waals surface area contributed by atoms with Gasteiger partial charge >= 0.3 is 0 Å². The summed E-state index contributed by atoms with van der Waals surface area (Å²) in [4.78, 5) is 14.4. The summed E-state index contributed by atoms with van der Waals surface area (Å²) in [5.41, 5.74) is 6.16. The smallest absolute Gasteiger partial charge is 0.223 e.